The molecule has 0 aliphatic rings. The smallest absolute Gasteiger partial charge is 0.337 e. The van der Waals surface area contributed by atoms with Crippen molar-refractivity contribution in [1.82, 2.24) is 0 Å². The summed E-state index contributed by atoms with van der Waals surface area (Å²) in [5.74, 6) is -1.34. The molecule has 0 saturated carbocycles. The summed E-state index contributed by atoms with van der Waals surface area (Å²) in [6, 6.07) is 6.35. The van der Waals surface area contributed by atoms with Crippen molar-refractivity contribution in [2.24, 2.45) is 0 Å². The molecule has 0 saturated heterocycles. The Labute approximate surface area is 114 Å². The van der Waals surface area contributed by atoms with Crippen LogP contribution in [0.1, 0.15) is 31.2 Å². The van der Waals surface area contributed by atoms with E-state index in [0.29, 0.717) is 11.3 Å². The molecular weight excluding hydrogens is 262 g/mol. The number of rotatable bonds is 3. The van der Waals surface area contributed by atoms with Crippen molar-refractivity contribution >= 4 is 28.9 Å². The molecule has 1 heterocycles. The molecule has 0 fully saturated rings. The lowest BCUT2D eigenvalue weighted by Crippen LogP contribution is -2.15. The van der Waals surface area contributed by atoms with Crippen molar-refractivity contribution in [3.05, 3.63) is 51.2 Å². The molecule has 0 spiro atoms. The minimum absolute atomic E-state index is 0.0838. The highest BCUT2D eigenvalue weighted by atomic mass is 32.1. The number of anilines is 1. The minimum Gasteiger partial charge on any atom is -0.478 e. The van der Waals surface area contributed by atoms with E-state index >= 15 is 0 Å². The maximum Gasteiger partial charge on any atom is 0.337 e. The van der Waals surface area contributed by atoms with Crippen LogP contribution in [0.15, 0.2) is 29.6 Å². The van der Waals surface area contributed by atoms with E-state index in [9.17, 15) is 9.59 Å². The number of thiophene rings is 1. The Morgan fingerprint density at radius 1 is 1.16 bits per heavy atom. The number of para-hydroxylation sites is 1. The Kier molecular flexibility index (Phi) is 3.66. The fourth-order valence-corrected chi connectivity index (χ4v) is 2.57. The molecule has 98 valence electrons. The fourth-order valence-electron chi connectivity index (χ4n) is 1.71. The number of amides is 1. The van der Waals surface area contributed by atoms with Crippen LogP contribution < -0.4 is 5.32 Å². The molecule has 0 radical (unpaired) electrons. The van der Waals surface area contributed by atoms with Crippen LogP contribution in [0.5, 0.6) is 0 Å². The van der Waals surface area contributed by atoms with Gasteiger partial charge in [-0.2, -0.15) is 0 Å². The third-order valence-electron chi connectivity index (χ3n) is 2.94. The Hall–Kier alpha value is -2.14. The third kappa shape index (κ3) is 2.66. The lowest BCUT2D eigenvalue weighted by atomic mass is 10.1. The summed E-state index contributed by atoms with van der Waals surface area (Å²) in [5, 5.41) is 13.5. The predicted molar refractivity (Wildman–Crippen MR) is 75.1 cm³/mol. The fraction of sp³-hybridized carbons (Fsp3) is 0.143. The first-order valence-electron chi connectivity index (χ1n) is 5.69. The van der Waals surface area contributed by atoms with Gasteiger partial charge in [0.15, 0.2) is 0 Å². The van der Waals surface area contributed by atoms with E-state index in [4.69, 9.17) is 5.11 Å². The van der Waals surface area contributed by atoms with Gasteiger partial charge in [0.1, 0.15) is 0 Å². The number of carboxylic acids is 1. The van der Waals surface area contributed by atoms with Crippen molar-refractivity contribution < 1.29 is 14.7 Å². The first kappa shape index (κ1) is 13.3. The Balaban J connectivity index is 2.29. The maximum absolute atomic E-state index is 12.1. The summed E-state index contributed by atoms with van der Waals surface area (Å²) in [7, 11) is 0. The molecule has 0 atom stereocenters. The number of aromatic carboxylic acids is 1. The van der Waals surface area contributed by atoms with Crippen LogP contribution in [-0.4, -0.2) is 17.0 Å². The van der Waals surface area contributed by atoms with E-state index in [1.807, 2.05) is 13.8 Å². The van der Waals surface area contributed by atoms with Gasteiger partial charge in [-0.3, -0.25) is 4.79 Å². The molecule has 19 heavy (non-hydrogen) atoms. The standard InChI is InChI=1S/C14H13NO3S/c1-8-9(2)19-7-11(8)13(16)15-12-6-4-3-5-10(12)14(17)18/h3-7H,1-2H3,(H,15,16)(H,17,18). The van der Waals surface area contributed by atoms with Gasteiger partial charge < -0.3 is 10.4 Å². The molecule has 0 aliphatic carbocycles. The summed E-state index contributed by atoms with van der Waals surface area (Å²) in [5.41, 5.74) is 1.90. The van der Waals surface area contributed by atoms with Gasteiger partial charge in [0.05, 0.1) is 16.8 Å². The molecule has 0 unspecified atom stereocenters. The van der Waals surface area contributed by atoms with E-state index in [1.165, 1.54) is 17.4 Å². The highest BCUT2D eigenvalue weighted by Crippen LogP contribution is 2.22. The molecule has 1 aromatic heterocycles. The van der Waals surface area contributed by atoms with Crippen LogP contribution >= 0.6 is 11.3 Å². The average molecular weight is 275 g/mol. The van der Waals surface area contributed by atoms with Crippen LogP contribution in [0.4, 0.5) is 5.69 Å². The summed E-state index contributed by atoms with van der Waals surface area (Å²) in [6.07, 6.45) is 0. The van der Waals surface area contributed by atoms with Crippen molar-refractivity contribution in [3.63, 3.8) is 0 Å². The zero-order chi connectivity index (χ0) is 14.0. The van der Waals surface area contributed by atoms with Crippen molar-refractivity contribution in [3.8, 4) is 0 Å². The number of benzene rings is 1. The van der Waals surface area contributed by atoms with Gasteiger partial charge in [0.2, 0.25) is 0 Å². The van der Waals surface area contributed by atoms with Crippen LogP contribution in [-0.2, 0) is 0 Å². The van der Waals surface area contributed by atoms with Crippen molar-refractivity contribution in [2.45, 2.75) is 13.8 Å². The number of carboxylic acid groups (broad SMARTS) is 1. The van der Waals surface area contributed by atoms with Crippen LogP contribution in [0.25, 0.3) is 0 Å². The third-order valence-corrected chi connectivity index (χ3v) is 3.95. The Morgan fingerprint density at radius 2 is 1.84 bits per heavy atom. The van der Waals surface area contributed by atoms with Gasteiger partial charge in [-0.15, -0.1) is 11.3 Å². The second-order valence-electron chi connectivity index (χ2n) is 4.14. The first-order chi connectivity index (χ1) is 9.00. The molecule has 0 bridgehead atoms. The van der Waals surface area contributed by atoms with E-state index in [1.54, 1.807) is 23.6 Å². The van der Waals surface area contributed by atoms with Crippen LogP contribution in [0.2, 0.25) is 0 Å². The minimum atomic E-state index is -1.06. The molecule has 1 amide bonds. The number of carbonyl (C=O) groups excluding carboxylic acids is 1. The van der Waals surface area contributed by atoms with Crippen molar-refractivity contribution in [1.29, 1.82) is 0 Å². The quantitative estimate of drug-likeness (QED) is 0.903. The van der Waals surface area contributed by atoms with Gasteiger partial charge in [-0.1, -0.05) is 12.1 Å². The van der Waals surface area contributed by atoms with E-state index in [0.717, 1.165) is 10.4 Å². The molecule has 0 aliphatic heterocycles. The highest BCUT2D eigenvalue weighted by molar-refractivity contribution is 7.10. The average Bonchev–Trinajstić information content (AvgIpc) is 2.70. The molecule has 1 aromatic carbocycles. The maximum atomic E-state index is 12.1. The lowest BCUT2D eigenvalue weighted by Gasteiger charge is -2.08. The topological polar surface area (TPSA) is 66.4 Å². The number of hydrogen-bond acceptors (Lipinski definition) is 3. The second kappa shape index (κ2) is 5.24. The predicted octanol–water partition coefficient (Wildman–Crippen LogP) is 3.32. The Morgan fingerprint density at radius 3 is 2.42 bits per heavy atom. The summed E-state index contributed by atoms with van der Waals surface area (Å²) >= 11 is 1.50. The molecule has 2 N–H and O–H groups in total. The zero-order valence-corrected chi connectivity index (χ0v) is 11.4. The number of aryl methyl sites for hydroxylation is 1. The van der Waals surface area contributed by atoms with Gasteiger partial charge >= 0.3 is 5.97 Å². The molecular formula is C14H13NO3S. The number of hydrogen-bond donors (Lipinski definition) is 2. The van der Waals surface area contributed by atoms with Crippen LogP contribution in [0.3, 0.4) is 0 Å². The molecule has 5 heteroatoms. The summed E-state index contributed by atoms with van der Waals surface area (Å²) in [4.78, 5) is 24.3. The highest BCUT2D eigenvalue weighted by Gasteiger charge is 2.16. The van der Waals surface area contributed by atoms with Gasteiger partial charge in [0, 0.05) is 10.3 Å². The Bertz CT molecular complexity index is 646. The number of nitrogens with one attached hydrogen (secondary N) is 1. The second-order valence-corrected chi connectivity index (χ2v) is 5.22. The summed E-state index contributed by atoms with van der Waals surface area (Å²) < 4.78 is 0. The van der Waals surface area contributed by atoms with E-state index in [2.05, 4.69) is 5.32 Å². The van der Waals surface area contributed by atoms with Crippen molar-refractivity contribution in [2.75, 3.05) is 5.32 Å². The zero-order valence-electron chi connectivity index (χ0n) is 10.6. The van der Waals surface area contributed by atoms with Gasteiger partial charge in [-0.25, -0.2) is 4.79 Å². The molecule has 2 aromatic rings. The first-order valence-corrected chi connectivity index (χ1v) is 6.57. The largest absolute Gasteiger partial charge is 0.478 e. The normalized spacial score (nSPS) is 10.2. The SMILES string of the molecule is Cc1scc(C(=O)Nc2ccccc2C(=O)O)c1C. The molecule has 4 nitrogen and oxygen atoms in total. The van der Waals surface area contributed by atoms with Gasteiger partial charge in [0.25, 0.3) is 5.91 Å². The van der Waals surface area contributed by atoms with E-state index < -0.39 is 5.97 Å². The molecule has 2 rings (SSSR count). The van der Waals surface area contributed by atoms with Crippen LogP contribution in [0, 0.1) is 13.8 Å². The summed E-state index contributed by atoms with van der Waals surface area (Å²) in [6.45, 7) is 3.83. The van der Waals surface area contributed by atoms with Gasteiger partial charge in [-0.05, 0) is 31.5 Å². The van der Waals surface area contributed by atoms with E-state index in [-0.39, 0.29) is 11.5 Å². The number of carbonyl (C=O) groups is 2. The monoisotopic (exact) mass is 275 g/mol. The lowest BCUT2D eigenvalue weighted by molar-refractivity contribution is 0.0698.